The maximum atomic E-state index is 4.23. The molecule has 0 amide bonds. The van der Waals surface area contributed by atoms with Gasteiger partial charge in [0.05, 0.1) is 6.20 Å². The minimum Gasteiger partial charge on any atom is -0.313 e. The van der Waals surface area contributed by atoms with Crippen LogP contribution in [0.1, 0.15) is 38.7 Å². The summed E-state index contributed by atoms with van der Waals surface area (Å²) in [5.74, 6) is 0. The van der Waals surface area contributed by atoms with Gasteiger partial charge >= 0.3 is 0 Å². The van der Waals surface area contributed by atoms with Gasteiger partial charge in [0.1, 0.15) is 0 Å². The maximum Gasteiger partial charge on any atom is 0.0534 e. The lowest BCUT2D eigenvalue weighted by molar-refractivity contribution is 0.615. The van der Waals surface area contributed by atoms with Crippen LogP contribution in [-0.4, -0.2) is 16.3 Å². The van der Waals surface area contributed by atoms with Crippen molar-refractivity contribution in [1.29, 1.82) is 0 Å². The number of hydrogen-bond acceptors (Lipinski definition) is 2. The van der Waals surface area contributed by atoms with Crippen molar-refractivity contribution in [2.45, 2.75) is 46.2 Å². The molecule has 0 bridgehead atoms. The van der Waals surface area contributed by atoms with Gasteiger partial charge in [0.15, 0.2) is 0 Å². The molecule has 0 atom stereocenters. The highest BCUT2D eigenvalue weighted by molar-refractivity contribution is 5.85. The number of halogens is 1. The van der Waals surface area contributed by atoms with Gasteiger partial charge in [-0.2, -0.15) is 5.10 Å². The zero-order valence-electron chi connectivity index (χ0n) is 9.70. The first kappa shape index (κ1) is 14.5. The number of unbranched alkanes of at least 4 members (excludes halogenated alkanes) is 2. The molecule has 0 aliphatic carbocycles. The number of aryl methyl sites for hydroxylation is 1. The Morgan fingerprint density at radius 1 is 1.33 bits per heavy atom. The maximum absolute atomic E-state index is 4.23. The standard InChI is InChI=1S/C11H21N3.ClH/c1-3-5-6-7-12-8-11-9-13-14(4-2)10-11;/h9-10,12H,3-8H2,1-2H3;1H. The molecule has 0 spiro atoms. The number of aromatic nitrogens is 2. The van der Waals surface area contributed by atoms with E-state index >= 15 is 0 Å². The Morgan fingerprint density at radius 3 is 2.73 bits per heavy atom. The van der Waals surface area contributed by atoms with Gasteiger partial charge in [-0.3, -0.25) is 4.68 Å². The summed E-state index contributed by atoms with van der Waals surface area (Å²) in [6, 6.07) is 0. The van der Waals surface area contributed by atoms with Gasteiger partial charge in [-0.15, -0.1) is 12.4 Å². The van der Waals surface area contributed by atoms with E-state index in [0.29, 0.717) is 0 Å². The third-order valence-electron chi connectivity index (χ3n) is 2.30. The van der Waals surface area contributed by atoms with Crippen molar-refractivity contribution < 1.29 is 0 Å². The molecule has 1 N–H and O–H groups in total. The molecule has 0 saturated carbocycles. The van der Waals surface area contributed by atoms with E-state index in [2.05, 4.69) is 30.5 Å². The molecule has 88 valence electrons. The first-order valence-corrected chi connectivity index (χ1v) is 5.58. The molecule has 15 heavy (non-hydrogen) atoms. The van der Waals surface area contributed by atoms with E-state index in [1.165, 1.54) is 24.8 Å². The number of nitrogens with one attached hydrogen (secondary N) is 1. The topological polar surface area (TPSA) is 29.9 Å². The van der Waals surface area contributed by atoms with Gasteiger partial charge in [-0.05, 0) is 19.9 Å². The Hall–Kier alpha value is -0.540. The van der Waals surface area contributed by atoms with Crippen LogP contribution in [0.15, 0.2) is 12.4 Å². The van der Waals surface area contributed by atoms with Crippen molar-refractivity contribution in [2.24, 2.45) is 0 Å². The highest BCUT2D eigenvalue weighted by Gasteiger charge is 1.95. The second kappa shape index (κ2) is 8.74. The van der Waals surface area contributed by atoms with Crippen LogP contribution >= 0.6 is 12.4 Å². The fourth-order valence-corrected chi connectivity index (χ4v) is 1.40. The van der Waals surface area contributed by atoms with Crippen molar-refractivity contribution in [2.75, 3.05) is 6.54 Å². The fraction of sp³-hybridized carbons (Fsp3) is 0.727. The van der Waals surface area contributed by atoms with Crippen LogP contribution in [0.3, 0.4) is 0 Å². The van der Waals surface area contributed by atoms with E-state index < -0.39 is 0 Å². The molecule has 0 unspecified atom stereocenters. The predicted molar refractivity (Wildman–Crippen MR) is 66.4 cm³/mol. The second-order valence-corrected chi connectivity index (χ2v) is 3.59. The van der Waals surface area contributed by atoms with Crippen LogP contribution < -0.4 is 5.32 Å². The molecule has 0 aliphatic heterocycles. The van der Waals surface area contributed by atoms with Crippen LogP contribution in [-0.2, 0) is 13.1 Å². The lowest BCUT2D eigenvalue weighted by Gasteiger charge is -2.01. The zero-order chi connectivity index (χ0) is 10.2. The van der Waals surface area contributed by atoms with Gasteiger partial charge < -0.3 is 5.32 Å². The molecule has 3 nitrogen and oxygen atoms in total. The minimum atomic E-state index is 0. The van der Waals surface area contributed by atoms with Crippen molar-refractivity contribution >= 4 is 12.4 Å². The summed E-state index contributed by atoms with van der Waals surface area (Å²) < 4.78 is 1.96. The first-order chi connectivity index (χ1) is 6.86. The van der Waals surface area contributed by atoms with Crippen LogP contribution in [0.4, 0.5) is 0 Å². The molecule has 0 radical (unpaired) electrons. The van der Waals surface area contributed by atoms with Crippen molar-refractivity contribution in [3.63, 3.8) is 0 Å². The van der Waals surface area contributed by atoms with E-state index in [1.807, 2.05) is 10.9 Å². The molecular weight excluding hydrogens is 210 g/mol. The van der Waals surface area contributed by atoms with Gasteiger partial charge in [-0.25, -0.2) is 0 Å². The molecule has 0 aliphatic rings. The molecule has 1 rings (SSSR count). The van der Waals surface area contributed by atoms with E-state index in [1.54, 1.807) is 0 Å². The molecule has 0 saturated heterocycles. The Labute approximate surface area is 98.7 Å². The van der Waals surface area contributed by atoms with Crippen LogP contribution in [0.25, 0.3) is 0 Å². The van der Waals surface area contributed by atoms with Crippen LogP contribution in [0.5, 0.6) is 0 Å². The summed E-state index contributed by atoms with van der Waals surface area (Å²) in [4.78, 5) is 0. The quantitative estimate of drug-likeness (QED) is 0.732. The summed E-state index contributed by atoms with van der Waals surface area (Å²) >= 11 is 0. The smallest absolute Gasteiger partial charge is 0.0534 e. The van der Waals surface area contributed by atoms with Crippen molar-refractivity contribution in [3.8, 4) is 0 Å². The summed E-state index contributed by atoms with van der Waals surface area (Å²) in [6.07, 6.45) is 7.93. The highest BCUT2D eigenvalue weighted by atomic mass is 35.5. The highest BCUT2D eigenvalue weighted by Crippen LogP contribution is 1.97. The number of hydrogen-bond donors (Lipinski definition) is 1. The average Bonchev–Trinajstić information content (AvgIpc) is 2.65. The second-order valence-electron chi connectivity index (χ2n) is 3.59. The average molecular weight is 232 g/mol. The largest absolute Gasteiger partial charge is 0.313 e. The normalized spacial score (nSPS) is 10.0. The molecule has 1 aromatic rings. The molecule has 0 fully saturated rings. The Morgan fingerprint density at radius 2 is 2.13 bits per heavy atom. The summed E-state index contributed by atoms with van der Waals surface area (Å²) in [5, 5.41) is 7.65. The third-order valence-corrected chi connectivity index (χ3v) is 2.30. The van der Waals surface area contributed by atoms with Gasteiger partial charge in [0.2, 0.25) is 0 Å². The van der Waals surface area contributed by atoms with Gasteiger partial charge in [-0.1, -0.05) is 19.8 Å². The van der Waals surface area contributed by atoms with E-state index in [0.717, 1.165) is 19.6 Å². The monoisotopic (exact) mass is 231 g/mol. The minimum absolute atomic E-state index is 0. The predicted octanol–water partition coefficient (Wildman–Crippen LogP) is 2.60. The van der Waals surface area contributed by atoms with Gasteiger partial charge in [0.25, 0.3) is 0 Å². The van der Waals surface area contributed by atoms with E-state index in [-0.39, 0.29) is 12.4 Å². The third kappa shape index (κ3) is 5.80. The summed E-state index contributed by atoms with van der Waals surface area (Å²) in [6.45, 7) is 7.35. The van der Waals surface area contributed by atoms with Crippen molar-refractivity contribution in [3.05, 3.63) is 18.0 Å². The Balaban J connectivity index is 0.00000196. The van der Waals surface area contributed by atoms with Gasteiger partial charge in [0, 0.05) is 24.8 Å². The molecular formula is C11H22ClN3. The van der Waals surface area contributed by atoms with Crippen LogP contribution in [0.2, 0.25) is 0 Å². The zero-order valence-corrected chi connectivity index (χ0v) is 10.5. The van der Waals surface area contributed by atoms with Crippen molar-refractivity contribution in [1.82, 2.24) is 15.1 Å². The van der Waals surface area contributed by atoms with Crippen LogP contribution in [0, 0.1) is 0 Å². The number of nitrogens with zero attached hydrogens (tertiary/aromatic N) is 2. The lowest BCUT2D eigenvalue weighted by atomic mass is 10.2. The van der Waals surface area contributed by atoms with E-state index in [4.69, 9.17) is 0 Å². The van der Waals surface area contributed by atoms with E-state index in [9.17, 15) is 0 Å². The Bertz CT molecular complexity index is 248. The summed E-state index contributed by atoms with van der Waals surface area (Å²) in [5.41, 5.74) is 1.28. The fourth-order valence-electron chi connectivity index (χ4n) is 1.40. The Kier molecular flexibility index (Phi) is 8.43. The lowest BCUT2D eigenvalue weighted by Crippen LogP contribution is -2.14. The number of rotatable bonds is 7. The molecule has 0 aromatic carbocycles. The molecule has 1 heterocycles. The molecule has 4 heteroatoms. The molecule has 1 aromatic heterocycles. The first-order valence-electron chi connectivity index (χ1n) is 5.58. The summed E-state index contributed by atoms with van der Waals surface area (Å²) in [7, 11) is 0. The SMILES string of the molecule is CCCCCNCc1cnn(CC)c1.Cl.